The summed E-state index contributed by atoms with van der Waals surface area (Å²) in [5, 5.41) is 0. The van der Waals surface area contributed by atoms with Crippen LogP contribution >= 0.6 is 11.6 Å². The Labute approximate surface area is 84.9 Å². The molecule has 2 nitrogen and oxygen atoms in total. The number of rotatable bonds is 3. The summed E-state index contributed by atoms with van der Waals surface area (Å²) in [5.74, 6) is -0.404. The summed E-state index contributed by atoms with van der Waals surface area (Å²) < 4.78 is 5.19. The number of halogens is 1. The molecule has 0 aromatic rings. The van der Waals surface area contributed by atoms with Gasteiger partial charge in [-0.2, -0.15) is 0 Å². The molecule has 0 aromatic carbocycles. The molecule has 0 atom stereocenters. The van der Waals surface area contributed by atoms with Crippen molar-refractivity contribution >= 4 is 17.6 Å². The van der Waals surface area contributed by atoms with Gasteiger partial charge < -0.3 is 4.74 Å². The molecule has 0 rings (SSSR count). The van der Waals surface area contributed by atoms with Gasteiger partial charge in [0, 0.05) is 5.57 Å². The van der Waals surface area contributed by atoms with Gasteiger partial charge in [0.25, 0.3) is 0 Å². The van der Waals surface area contributed by atoms with E-state index in [1.165, 1.54) is 0 Å². The smallest absolute Gasteiger partial charge is 0.333 e. The van der Waals surface area contributed by atoms with Crippen LogP contribution in [0.15, 0.2) is 12.2 Å². The van der Waals surface area contributed by atoms with Crippen molar-refractivity contribution in [1.82, 2.24) is 0 Å². The van der Waals surface area contributed by atoms with Crippen LogP contribution in [0.5, 0.6) is 0 Å². The predicted molar refractivity (Wildman–Crippen MR) is 54.9 cm³/mol. The van der Waals surface area contributed by atoms with Crippen molar-refractivity contribution in [2.75, 3.05) is 0 Å². The van der Waals surface area contributed by atoms with Gasteiger partial charge in [-0.15, -0.1) is 11.6 Å². The molecule has 0 radical (unpaired) electrons. The second kappa shape index (κ2) is 3.70. The minimum Gasteiger partial charge on any atom is -0.454 e. The molecule has 0 spiro atoms. The third kappa shape index (κ3) is 3.39. The lowest BCUT2D eigenvalue weighted by atomic mass is 9.93. The van der Waals surface area contributed by atoms with Crippen molar-refractivity contribution < 1.29 is 9.53 Å². The van der Waals surface area contributed by atoms with Gasteiger partial charge in [0.15, 0.2) is 0 Å². The van der Waals surface area contributed by atoms with Gasteiger partial charge in [-0.1, -0.05) is 6.58 Å². The van der Waals surface area contributed by atoms with Crippen LogP contribution in [-0.2, 0) is 9.53 Å². The molecule has 0 bridgehead atoms. The van der Waals surface area contributed by atoms with E-state index in [2.05, 4.69) is 6.58 Å². The SMILES string of the molecule is C=C(C)C(=O)OC(C)(C)C(C)(C)Cl. The van der Waals surface area contributed by atoms with Crippen LogP contribution in [0.4, 0.5) is 0 Å². The number of ether oxygens (including phenoxy) is 1. The third-order valence-electron chi connectivity index (χ3n) is 2.13. The molecular weight excluding hydrogens is 188 g/mol. The van der Waals surface area contributed by atoms with Gasteiger partial charge >= 0.3 is 5.97 Å². The van der Waals surface area contributed by atoms with Crippen LogP contribution < -0.4 is 0 Å². The first-order chi connectivity index (χ1) is 5.58. The highest BCUT2D eigenvalue weighted by Gasteiger charge is 2.38. The van der Waals surface area contributed by atoms with E-state index >= 15 is 0 Å². The van der Waals surface area contributed by atoms with E-state index < -0.39 is 16.4 Å². The summed E-state index contributed by atoms with van der Waals surface area (Å²) in [7, 11) is 0. The largest absolute Gasteiger partial charge is 0.454 e. The van der Waals surface area contributed by atoms with E-state index in [0.29, 0.717) is 5.57 Å². The summed E-state index contributed by atoms with van der Waals surface area (Å²) in [4.78, 5) is 10.6. The van der Waals surface area contributed by atoms with E-state index in [4.69, 9.17) is 16.3 Å². The highest BCUT2D eigenvalue weighted by atomic mass is 35.5. The van der Waals surface area contributed by atoms with Crippen molar-refractivity contribution in [3.8, 4) is 0 Å². The number of esters is 1. The van der Waals surface area contributed by atoms with Gasteiger partial charge in [-0.05, 0) is 34.6 Å². The zero-order valence-electron chi connectivity index (χ0n) is 8.90. The molecule has 0 saturated carbocycles. The fourth-order valence-electron chi connectivity index (χ4n) is 0.440. The second-order valence-electron chi connectivity index (χ2n) is 4.15. The Kier molecular flexibility index (Phi) is 3.56. The molecule has 0 amide bonds. The molecule has 0 aliphatic heterocycles. The Morgan fingerprint density at radius 2 is 1.69 bits per heavy atom. The van der Waals surface area contributed by atoms with Crippen LogP contribution in [0.25, 0.3) is 0 Å². The Morgan fingerprint density at radius 3 is 1.92 bits per heavy atom. The zero-order chi connectivity index (χ0) is 10.9. The average Bonchev–Trinajstić information content (AvgIpc) is 1.83. The number of hydrogen-bond donors (Lipinski definition) is 0. The Morgan fingerprint density at radius 1 is 1.31 bits per heavy atom. The fraction of sp³-hybridized carbons (Fsp3) is 0.700. The van der Waals surface area contributed by atoms with Gasteiger partial charge in [0.1, 0.15) is 5.60 Å². The van der Waals surface area contributed by atoms with Crippen LogP contribution in [0.2, 0.25) is 0 Å². The zero-order valence-corrected chi connectivity index (χ0v) is 9.66. The first-order valence-corrected chi connectivity index (χ1v) is 4.53. The maximum Gasteiger partial charge on any atom is 0.333 e. The Bertz CT molecular complexity index is 224. The molecule has 0 saturated heterocycles. The summed E-state index contributed by atoms with van der Waals surface area (Å²) in [5.41, 5.74) is -0.320. The van der Waals surface area contributed by atoms with E-state index in [-0.39, 0.29) is 0 Å². The first-order valence-electron chi connectivity index (χ1n) is 4.15. The van der Waals surface area contributed by atoms with Gasteiger partial charge in [-0.3, -0.25) is 0 Å². The maximum atomic E-state index is 11.2. The minimum atomic E-state index is -0.704. The Balaban J connectivity index is 4.53. The van der Waals surface area contributed by atoms with E-state index in [1.54, 1.807) is 34.6 Å². The van der Waals surface area contributed by atoms with Crippen molar-refractivity contribution in [2.45, 2.75) is 45.1 Å². The standard InChI is InChI=1S/C10H17ClO2/c1-7(2)8(12)13-10(5,6)9(3,4)11/h1H2,2-6H3. The lowest BCUT2D eigenvalue weighted by Crippen LogP contribution is -2.44. The molecule has 0 fully saturated rings. The molecule has 0 aromatic heterocycles. The molecule has 0 aliphatic carbocycles. The number of carbonyl (C=O) groups is 1. The van der Waals surface area contributed by atoms with E-state index in [0.717, 1.165) is 0 Å². The highest BCUT2D eigenvalue weighted by Crippen LogP contribution is 2.31. The van der Waals surface area contributed by atoms with E-state index in [9.17, 15) is 4.79 Å². The second-order valence-corrected chi connectivity index (χ2v) is 5.10. The van der Waals surface area contributed by atoms with Crippen molar-refractivity contribution in [3.05, 3.63) is 12.2 Å². The predicted octanol–water partition coefficient (Wildman–Crippen LogP) is 2.90. The molecule has 0 heterocycles. The summed E-state index contributed by atoms with van der Waals surface area (Å²) in [6.45, 7) is 12.3. The van der Waals surface area contributed by atoms with Crippen molar-refractivity contribution in [1.29, 1.82) is 0 Å². The molecule has 0 aliphatic rings. The van der Waals surface area contributed by atoms with Crippen LogP contribution in [-0.4, -0.2) is 16.4 Å². The van der Waals surface area contributed by atoms with Gasteiger partial charge in [0.2, 0.25) is 0 Å². The lowest BCUT2D eigenvalue weighted by molar-refractivity contribution is -0.154. The number of carbonyl (C=O) groups excluding carboxylic acids is 1. The molecule has 0 N–H and O–H groups in total. The summed E-state index contributed by atoms with van der Waals surface area (Å²) >= 11 is 6.07. The number of hydrogen-bond acceptors (Lipinski definition) is 2. The van der Waals surface area contributed by atoms with Crippen LogP contribution in [0.3, 0.4) is 0 Å². The minimum absolute atomic E-state index is 0.383. The molecule has 76 valence electrons. The van der Waals surface area contributed by atoms with Crippen molar-refractivity contribution in [3.63, 3.8) is 0 Å². The fourth-order valence-corrected chi connectivity index (χ4v) is 0.479. The van der Waals surface area contributed by atoms with Gasteiger partial charge in [0.05, 0.1) is 4.87 Å². The monoisotopic (exact) mass is 204 g/mol. The molecular formula is C10H17ClO2. The Hall–Kier alpha value is -0.500. The molecule has 13 heavy (non-hydrogen) atoms. The van der Waals surface area contributed by atoms with Crippen LogP contribution in [0.1, 0.15) is 34.6 Å². The van der Waals surface area contributed by atoms with Crippen LogP contribution in [0, 0.1) is 0 Å². The topological polar surface area (TPSA) is 26.3 Å². The molecule has 0 unspecified atom stereocenters. The van der Waals surface area contributed by atoms with E-state index in [1.807, 2.05) is 0 Å². The third-order valence-corrected chi connectivity index (χ3v) is 2.58. The lowest BCUT2D eigenvalue weighted by Gasteiger charge is -2.35. The normalized spacial score (nSPS) is 12.5. The number of alkyl halides is 1. The average molecular weight is 205 g/mol. The highest BCUT2D eigenvalue weighted by molar-refractivity contribution is 6.24. The first kappa shape index (κ1) is 12.5. The maximum absolute atomic E-state index is 11.2. The summed E-state index contributed by atoms with van der Waals surface area (Å²) in [6.07, 6.45) is 0. The quantitative estimate of drug-likeness (QED) is 0.402. The van der Waals surface area contributed by atoms with Gasteiger partial charge in [-0.25, -0.2) is 4.79 Å². The van der Waals surface area contributed by atoms with Crippen molar-refractivity contribution in [2.24, 2.45) is 0 Å². The summed E-state index contributed by atoms with van der Waals surface area (Å²) in [6, 6.07) is 0. The molecule has 3 heteroatoms.